The van der Waals surface area contributed by atoms with Gasteiger partial charge in [-0.1, -0.05) is 24.3 Å². The third-order valence-electron chi connectivity index (χ3n) is 4.68. The van der Waals surface area contributed by atoms with E-state index in [1.54, 1.807) is 0 Å². The highest BCUT2D eigenvalue weighted by molar-refractivity contribution is 6.08. The molecular formula is C16H14F2N4O2. The van der Waals surface area contributed by atoms with Gasteiger partial charge in [-0.2, -0.15) is 8.78 Å². The average Bonchev–Trinajstić information content (AvgIpc) is 3.23. The molecule has 0 radical (unpaired) electrons. The molecule has 2 heterocycles. The lowest BCUT2D eigenvalue weighted by molar-refractivity contribution is -0.132. The molecule has 1 unspecified atom stereocenters. The standard InChI is InChI=1S/C16H14F2N4O2/c17-14(18)21-8-7-19-12(21)9-22-13(23)16(20-15(22)24)6-5-10-3-1-2-4-11(10)16/h1-4,7-8,14H,5-6,9H2,(H,20,24). The maximum atomic E-state index is 12.9. The maximum absolute atomic E-state index is 12.9. The summed E-state index contributed by atoms with van der Waals surface area (Å²) < 4.78 is 26.5. The number of aromatic nitrogens is 2. The number of rotatable bonds is 3. The predicted molar refractivity (Wildman–Crippen MR) is 79.0 cm³/mol. The van der Waals surface area contributed by atoms with Crippen LogP contribution in [0.5, 0.6) is 0 Å². The number of benzene rings is 1. The first-order valence-corrected chi connectivity index (χ1v) is 7.55. The minimum Gasteiger partial charge on any atom is -0.319 e. The van der Waals surface area contributed by atoms with Crippen LogP contribution in [0.4, 0.5) is 13.6 Å². The molecule has 2 aromatic rings. The Morgan fingerprint density at radius 1 is 1.29 bits per heavy atom. The summed E-state index contributed by atoms with van der Waals surface area (Å²) in [6.07, 6.45) is 3.50. The minimum atomic E-state index is -2.77. The Balaban J connectivity index is 1.67. The van der Waals surface area contributed by atoms with Gasteiger partial charge in [0.25, 0.3) is 5.91 Å². The lowest BCUT2D eigenvalue weighted by atomic mass is 9.92. The van der Waals surface area contributed by atoms with E-state index in [1.807, 2.05) is 24.3 Å². The molecule has 6 nitrogen and oxygen atoms in total. The van der Waals surface area contributed by atoms with Crippen LogP contribution in [0.1, 0.15) is 29.9 Å². The number of amides is 3. The highest BCUT2D eigenvalue weighted by Gasteiger charge is 2.55. The Morgan fingerprint density at radius 3 is 2.88 bits per heavy atom. The van der Waals surface area contributed by atoms with Crippen molar-refractivity contribution in [1.29, 1.82) is 0 Å². The normalized spacial score (nSPS) is 22.5. The number of aryl methyl sites for hydroxylation is 1. The van der Waals surface area contributed by atoms with Gasteiger partial charge in [-0.3, -0.25) is 14.3 Å². The first kappa shape index (κ1) is 14.8. The van der Waals surface area contributed by atoms with E-state index in [-0.39, 0.29) is 12.4 Å². The molecule has 124 valence electrons. The molecule has 1 fully saturated rings. The third kappa shape index (κ3) is 1.95. The molecule has 0 saturated carbocycles. The van der Waals surface area contributed by atoms with Gasteiger partial charge in [-0.25, -0.2) is 9.78 Å². The van der Waals surface area contributed by atoms with Crippen LogP contribution in [0, 0.1) is 0 Å². The second-order valence-corrected chi connectivity index (χ2v) is 5.91. The van der Waals surface area contributed by atoms with Crippen molar-refractivity contribution in [3.63, 3.8) is 0 Å². The van der Waals surface area contributed by atoms with Gasteiger partial charge < -0.3 is 5.32 Å². The van der Waals surface area contributed by atoms with Crippen molar-refractivity contribution in [2.45, 2.75) is 31.5 Å². The van der Waals surface area contributed by atoms with Gasteiger partial charge in [0.15, 0.2) is 0 Å². The molecular weight excluding hydrogens is 318 g/mol. The van der Waals surface area contributed by atoms with Crippen molar-refractivity contribution in [1.82, 2.24) is 19.8 Å². The fraction of sp³-hybridized carbons (Fsp3) is 0.312. The molecule has 2 aliphatic rings. The van der Waals surface area contributed by atoms with Gasteiger partial charge >= 0.3 is 12.6 Å². The van der Waals surface area contributed by atoms with Gasteiger partial charge in [0.05, 0.1) is 6.54 Å². The summed E-state index contributed by atoms with van der Waals surface area (Å²) in [5, 5.41) is 2.76. The summed E-state index contributed by atoms with van der Waals surface area (Å²) in [4.78, 5) is 30.1. The number of hydrogen-bond donors (Lipinski definition) is 1. The molecule has 3 amide bonds. The molecule has 24 heavy (non-hydrogen) atoms. The molecule has 1 saturated heterocycles. The topological polar surface area (TPSA) is 67.2 Å². The number of fused-ring (bicyclic) bond motifs is 2. The monoisotopic (exact) mass is 332 g/mol. The van der Waals surface area contributed by atoms with E-state index in [1.165, 1.54) is 6.20 Å². The number of halogens is 2. The Morgan fingerprint density at radius 2 is 2.08 bits per heavy atom. The Bertz CT molecular complexity index is 835. The second-order valence-electron chi connectivity index (χ2n) is 5.91. The van der Waals surface area contributed by atoms with Crippen LogP contribution in [-0.2, 0) is 23.3 Å². The SMILES string of the molecule is O=C1NC2(CCc3ccccc32)C(=O)N1Cc1nccn1C(F)F. The first-order valence-electron chi connectivity index (χ1n) is 7.55. The zero-order valence-corrected chi connectivity index (χ0v) is 12.6. The Labute approximate surface area is 136 Å². The van der Waals surface area contributed by atoms with Gasteiger partial charge in [0.1, 0.15) is 11.4 Å². The smallest absolute Gasteiger partial charge is 0.319 e. The summed E-state index contributed by atoms with van der Waals surface area (Å²) in [5.74, 6) is -0.446. The molecule has 1 aliphatic heterocycles. The van der Waals surface area contributed by atoms with Crippen molar-refractivity contribution in [3.05, 3.63) is 53.6 Å². The summed E-state index contributed by atoms with van der Waals surface area (Å²) in [6.45, 7) is -3.06. The second kappa shape index (κ2) is 5.12. The Kier molecular flexibility index (Phi) is 3.16. The molecule has 1 aromatic carbocycles. The van der Waals surface area contributed by atoms with Crippen molar-refractivity contribution < 1.29 is 18.4 Å². The molecule has 1 aliphatic carbocycles. The predicted octanol–water partition coefficient (Wildman–Crippen LogP) is 2.17. The number of carbonyl (C=O) groups is 2. The summed E-state index contributed by atoms with van der Waals surface area (Å²) in [6, 6.07) is 6.87. The highest BCUT2D eigenvalue weighted by atomic mass is 19.3. The molecule has 0 bridgehead atoms. The number of imide groups is 1. The first-order chi connectivity index (χ1) is 11.5. The number of nitrogens with zero attached hydrogens (tertiary/aromatic N) is 3. The van der Waals surface area contributed by atoms with Gasteiger partial charge in [-0.05, 0) is 24.0 Å². The fourth-order valence-corrected chi connectivity index (χ4v) is 3.52. The largest absolute Gasteiger partial charge is 0.325 e. The molecule has 8 heteroatoms. The van der Waals surface area contributed by atoms with E-state index in [0.29, 0.717) is 17.4 Å². The number of nitrogens with one attached hydrogen (secondary N) is 1. The number of imidazole rings is 1. The van der Waals surface area contributed by atoms with Gasteiger partial charge in [0, 0.05) is 12.4 Å². The van der Waals surface area contributed by atoms with E-state index in [2.05, 4.69) is 10.3 Å². The highest BCUT2D eigenvalue weighted by Crippen LogP contribution is 2.41. The zero-order chi connectivity index (χ0) is 16.9. The van der Waals surface area contributed by atoms with E-state index in [0.717, 1.165) is 22.2 Å². The molecule has 4 rings (SSSR count). The van der Waals surface area contributed by atoms with Gasteiger partial charge in [0.2, 0.25) is 0 Å². The number of urea groups is 1. The molecule has 1 N–H and O–H groups in total. The van der Waals surface area contributed by atoms with Crippen molar-refractivity contribution >= 4 is 11.9 Å². The Hall–Kier alpha value is -2.77. The third-order valence-corrected chi connectivity index (χ3v) is 4.68. The summed E-state index contributed by atoms with van der Waals surface area (Å²) in [7, 11) is 0. The van der Waals surface area contributed by atoms with Crippen molar-refractivity contribution in [3.8, 4) is 0 Å². The van der Waals surface area contributed by atoms with E-state index in [9.17, 15) is 18.4 Å². The van der Waals surface area contributed by atoms with E-state index < -0.39 is 24.0 Å². The molecule has 1 aromatic heterocycles. The number of alkyl halides is 2. The van der Waals surface area contributed by atoms with Crippen LogP contribution in [0.15, 0.2) is 36.7 Å². The summed E-state index contributed by atoms with van der Waals surface area (Å²) in [5.41, 5.74) is 0.709. The molecule has 1 atom stereocenters. The maximum Gasteiger partial charge on any atom is 0.325 e. The van der Waals surface area contributed by atoms with E-state index >= 15 is 0 Å². The fourth-order valence-electron chi connectivity index (χ4n) is 3.52. The zero-order valence-electron chi connectivity index (χ0n) is 12.6. The van der Waals surface area contributed by atoms with Crippen LogP contribution < -0.4 is 5.32 Å². The number of carbonyl (C=O) groups excluding carboxylic acids is 2. The minimum absolute atomic E-state index is 0.0307. The van der Waals surface area contributed by atoms with Gasteiger partial charge in [-0.15, -0.1) is 0 Å². The molecule has 1 spiro atoms. The quantitative estimate of drug-likeness (QED) is 0.876. The summed E-state index contributed by atoms with van der Waals surface area (Å²) >= 11 is 0. The van der Waals surface area contributed by atoms with Crippen LogP contribution >= 0.6 is 0 Å². The van der Waals surface area contributed by atoms with Crippen LogP contribution in [-0.4, -0.2) is 26.4 Å². The number of hydrogen-bond acceptors (Lipinski definition) is 3. The van der Waals surface area contributed by atoms with E-state index in [4.69, 9.17) is 0 Å². The average molecular weight is 332 g/mol. The van der Waals surface area contributed by atoms with Crippen LogP contribution in [0.3, 0.4) is 0 Å². The van der Waals surface area contributed by atoms with Crippen molar-refractivity contribution in [2.75, 3.05) is 0 Å². The lowest BCUT2D eigenvalue weighted by Gasteiger charge is -2.22. The lowest BCUT2D eigenvalue weighted by Crippen LogP contribution is -2.41. The van der Waals surface area contributed by atoms with Crippen LogP contribution in [0.25, 0.3) is 0 Å². The van der Waals surface area contributed by atoms with Crippen LogP contribution in [0.2, 0.25) is 0 Å². The van der Waals surface area contributed by atoms with Crippen molar-refractivity contribution in [2.24, 2.45) is 0 Å².